The topological polar surface area (TPSA) is 53.1 Å². The molecular formula is C32H38ClN3O3. The van der Waals surface area contributed by atoms with Gasteiger partial charge < -0.3 is 14.5 Å². The smallest absolute Gasteiger partial charge is 0.257 e. The quantitative estimate of drug-likeness (QED) is 0.361. The van der Waals surface area contributed by atoms with E-state index in [1.807, 2.05) is 78.2 Å². The van der Waals surface area contributed by atoms with E-state index in [1.54, 1.807) is 7.11 Å². The molecule has 2 amide bonds. The molecule has 3 aromatic rings. The molecule has 0 radical (unpaired) electrons. The number of amides is 2. The monoisotopic (exact) mass is 547 g/mol. The molecule has 0 atom stereocenters. The molecule has 1 aliphatic heterocycles. The lowest BCUT2D eigenvalue weighted by Crippen LogP contribution is -2.38. The SMILES string of the molecule is CCCC(=O)N1CCCN(Cc2ccccc2)CCN(C(=O)c2cccc(C)c2OC)Cc2ccc(Cl)cc21. The predicted molar refractivity (Wildman–Crippen MR) is 158 cm³/mol. The van der Waals surface area contributed by atoms with Crippen molar-refractivity contribution in [3.8, 4) is 5.75 Å². The summed E-state index contributed by atoms with van der Waals surface area (Å²) in [6.45, 7) is 7.73. The Hall–Kier alpha value is -3.35. The second kappa shape index (κ2) is 13.6. The van der Waals surface area contributed by atoms with Gasteiger partial charge in [-0.2, -0.15) is 0 Å². The van der Waals surface area contributed by atoms with Crippen LogP contribution in [0.15, 0.2) is 66.7 Å². The summed E-state index contributed by atoms with van der Waals surface area (Å²) >= 11 is 6.45. The number of fused-ring (bicyclic) bond motifs is 1. The molecule has 4 rings (SSSR count). The predicted octanol–water partition coefficient (Wildman–Crippen LogP) is 6.34. The third-order valence-electron chi connectivity index (χ3n) is 7.19. The fraction of sp³-hybridized carbons (Fsp3) is 0.375. The van der Waals surface area contributed by atoms with Crippen molar-refractivity contribution >= 4 is 29.1 Å². The Labute approximate surface area is 237 Å². The zero-order valence-corrected chi connectivity index (χ0v) is 23.9. The number of aryl methyl sites for hydroxylation is 1. The van der Waals surface area contributed by atoms with Crippen molar-refractivity contribution in [3.63, 3.8) is 0 Å². The number of hydrogen-bond donors (Lipinski definition) is 0. The minimum absolute atomic E-state index is 0.0769. The summed E-state index contributed by atoms with van der Waals surface area (Å²) in [5.41, 5.74) is 4.36. The zero-order valence-electron chi connectivity index (χ0n) is 23.2. The van der Waals surface area contributed by atoms with Crippen LogP contribution >= 0.6 is 11.6 Å². The second-order valence-electron chi connectivity index (χ2n) is 10.1. The number of para-hydroxylation sites is 1. The van der Waals surface area contributed by atoms with E-state index in [0.717, 1.165) is 42.7 Å². The van der Waals surface area contributed by atoms with Crippen LogP contribution < -0.4 is 9.64 Å². The Balaban J connectivity index is 1.74. The van der Waals surface area contributed by atoms with Crippen LogP contribution in [0.25, 0.3) is 0 Å². The van der Waals surface area contributed by atoms with Crippen molar-refractivity contribution in [2.45, 2.75) is 46.2 Å². The number of anilines is 1. The molecule has 6 nitrogen and oxygen atoms in total. The maximum atomic E-state index is 14.1. The van der Waals surface area contributed by atoms with Crippen LogP contribution in [-0.4, -0.2) is 54.9 Å². The molecule has 206 valence electrons. The largest absolute Gasteiger partial charge is 0.496 e. The summed E-state index contributed by atoms with van der Waals surface area (Å²) in [6, 6.07) is 21.7. The first-order valence-electron chi connectivity index (χ1n) is 13.7. The minimum Gasteiger partial charge on any atom is -0.496 e. The van der Waals surface area contributed by atoms with Crippen LogP contribution in [0.3, 0.4) is 0 Å². The third-order valence-corrected chi connectivity index (χ3v) is 7.42. The average molecular weight is 548 g/mol. The molecule has 7 heteroatoms. The molecule has 0 saturated heterocycles. The van der Waals surface area contributed by atoms with E-state index in [1.165, 1.54) is 5.56 Å². The fourth-order valence-electron chi connectivity index (χ4n) is 5.20. The maximum absolute atomic E-state index is 14.1. The van der Waals surface area contributed by atoms with Gasteiger partial charge in [-0.05, 0) is 54.7 Å². The molecule has 39 heavy (non-hydrogen) atoms. The molecule has 1 heterocycles. The maximum Gasteiger partial charge on any atom is 0.257 e. The van der Waals surface area contributed by atoms with Crippen LogP contribution in [-0.2, 0) is 17.9 Å². The number of ether oxygens (including phenoxy) is 1. The van der Waals surface area contributed by atoms with E-state index in [2.05, 4.69) is 17.0 Å². The number of nitrogens with zero attached hydrogens (tertiary/aromatic N) is 3. The highest BCUT2D eigenvalue weighted by molar-refractivity contribution is 6.31. The van der Waals surface area contributed by atoms with Crippen LogP contribution in [0.4, 0.5) is 5.69 Å². The van der Waals surface area contributed by atoms with E-state index in [0.29, 0.717) is 48.9 Å². The number of benzene rings is 3. The fourth-order valence-corrected chi connectivity index (χ4v) is 5.36. The van der Waals surface area contributed by atoms with Gasteiger partial charge in [0.1, 0.15) is 5.75 Å². The Kier molecular flexibility index (Phi) is 10.0. The van der Waals surface area contributed by atoms with Gasteiger partial charge >= 0.3 is 0 Å². The summed E-state index contributed by atoms with van der Waals surface area (Å²) in [6.07, 6.45) is 2.04. The van der Waals surface area contributed by atoms with E-state index in [9.17, 15) is 9.59 Å². The van der Waals surface area contributed by atoms with Crippen molar-refractivity contribution in [2.24, 2.45) is 0 Å². The summed E-state index contributed by atoms with van der Waals surface area (Å²) < 4.78 is 5.64. The number of carbonyl (C=O) groups is 2. The van der Waals surface area contributed by atoms with Crippen molar-refractivity contribution in [2.75, 3.05) is 38.2 Å². The summed E-state index contributed by atoms with van der Waals surface area (Å²) in [5.74, 6) is 0.573. The van der Waals surface area contributed by atoms with Crippen molar-refractivity contribution in [3.05, 3.63) is 94.0 Å². The molecule has 0 spiro atoms. The molecule has 0 saturated carbocycles. The van der Waals surface area contributed by atoms with Gasteiger partial charge in [0.05, 0.1) is 18.4 Å². The lowest BCUT2D eigenvalue weighted by molar-refractivity contribution is -0.118. The van der Waals surface area contributed by atoms with Crippen LogP contribution in [0.2, 0.25) is 5.02 Å². The minimum atomic E-state index is -0.0956. The molecule has 3 aromatic carbocycles. The molecule has 0 bridgehead atoms. The van der Waals surface area contributed by atoms with Gasteiger partial charge in [0, 0.05) is 50.7 Å². The van der Waals surface area contributed by atoms with Gasteiger partial charge in [-0.25, -0.2) is 0 Å². The lowest BCUT2D eigenvalue weighted by atomic mass is 10.1. The van der Waals surface area contributed by atoms with E-state index >= 15 is 0 Å². The Morgan fingerprint density at radius 1 is 0.949 bits per heavy atom. The Bertz CT molecular complexity index is 1280. The van der Waals surface area contributed by atoms with Crippen molar-refractivity contribution in [1.29, 1.82) is 0 Å². The number of halogens is 1. The molecule has 0 N–H and O–H groups in total. The third kappa shape index (κ3) is 7.20. The summed E-state index contributed by atoms with van der Waals surface area (Å²) in [7, 11) is 1.60. The Morgan fingerprint density at radius 3 is 2.49 bits per heavy atom. The van der Waals surface area contributed by atoms with Crippen LogP contribution in [0, 0.1) is 6.92 Å². The number of hydrogen-bond acceptors (Lipinski definition) is 4. The first kappa shape index (κ1) is 28.7. The standard InChI is InChI=1S/C32H38ClN3O3/c1-4-10-30(37)36-18-9-17-34(22-25-12-6-5-7-13-25)19-20-35(23-26-15-16-27(33)21-29(26)36)32(38)28-14-8-11-24(2)31(28)39-3/h5-8,11-16,21H,4,9-10,17-20,22-23H2,1-3H3. The van der Waals surface area contributed by atoms with Gasteiger partial charge in [0.15, 0.2) is 0 Å². The molecule has 0 aromatic heterocycles. The molecular weight excluding hydrogens is 510 g/mol. The Morgan fingerprint density at radius 2 is 1.74 bits per heavy atom. The van der Waals surface area contributed by atoms with E-state index < -0.39 is 0 Å². The van der Waals surface area contributed by atoms with Crippen molar-refractivity contribution in [1.82, 2.24) is 9.80 Å². The highest BCUT2D eigenvalue weighted by Crippen LogP contribution is 2.30. The van der Waals surface area contributed by atoms with Gasteiger partial charge in [0.25, 0.3) is 5.91 Å². The second-order valence-corrected chi connectivity index (χ2v) is 10.5. The zero-order chi connectivity index (χ0) is 27.8. The highest BCUT2D eigenvalue weighted by Gasteiger charge is 2.26. The van der Waals surface area contributed by atoms with E-state index in [4.69, 9.17) is 16.3 Å². The number of methoxy groups -OCH3 is 1. The van der Waals surface area contributed by atoms with Crippen LogP contribution in [0.5, 0.6) is 5.75 Å². The number of rotatable bonds is 6. The normalized spacial score (nSPS) is 14.9. The summed E-state index contributed by atoms with van der Waals surface area (Å²) in [4.78, 5) is 33.5. The molecule has 0 unspecified atom stereocenters. The van der Waals surface area contributed by atoms with Gasteiger partial charge in [0.2, 0.25) is 5.91 Å². The van der Waals surface area contributed by atoms with E-state index in [-0.39, 0.29) is 11.8 Å². The van der Waals surface area contributed by atoms with Gasteiger partial charge in [-0.3, -0.25) is 14.5 Å². The number of carbonyl (C=O) groups excluding carboxylic acids is 2. The first-order valence-corrected chi connectivity index (χ1v) is 14.1. The average Bonchev–Trinajstić information content (AvgIpc) is 2.96. The van der Waals surface area contributed by atoms with Gasteiger partial charge in [-0.1, -0.05) is 67.1 Å². The first-order chi connectivity index (χ1) is 18.9. The van der Waals surface area contributed by atoms with Crippen molar-refractivity contribution < 1.29 is 14.3 Å². The summed E-state index contributed by atoms with van der Waals surface area (Å²) in [5, 5.41) is 0.571. The molecule has 0 aliphatic carbocycles. The molecule has 0 fully saturated rings. The lowest BCUT2D eigenvalue weighted by Gasteiger charge is -2.29. The van der Waals surface area contributed by atoms with Crippen LogP contribution in [0.1, 0.15) is 53.2 Å². The van der Waals surface area contributed by atoms with Gasteiger partial charge in [-0.15, -0.1) is 0 Å². The molecule has 1 aliphatic rings. The highest BCUT2D eigenvalue weighted by atomic mass is 35.5.